The standard InChI is InChI=1S/C25H24N4O5/c1-15(24(31)32)11-12-26-23(30)22-21(13-27-29(22)2)28-25(33)34-14-20-18-9-5-3-7-16(18)17-8-4-6-10-19(17)20/h3-11,13,20H,12,14H2,1-2H3,(H,26,30)(H,28,33)(H,31,32)/b15-11+. The van der Waals surface area contributed by atoms with Crippen molar-refractivity contribution in [3.8, 4) is 11.1 Å². The molecule has 0 spiro atoms. The zero-order valence-corrected chi connectivity index (χ0v) is 18.7. The Labute approximate surface area is 196 Å². The van der Waals surface area contributed by atoms with Crippen molar-refractivity contribution < 1.29 is 24.2 Å². The highest BCUT2D eigenvalue weighted by atomic mass is 16.5. The molecule has 0 aliphatic heterocycles. The number of carbonyl (C=O) groups excluding carboxylic acids is 2. The molecule has 4 rings (SSSR count). The maximum Gasteiger partial charge on any atom is 0.411 e. The summed E-state index contributed by atoms with van der Waals surface area (Å²) in [5.41, 5.74) is 4.88. The van der Waals surface area contributed by atoms with Crippen LogP contribution < -0.4 is 10.6 Å². The summed E-state index contributed by atoms with van der Waals surface area (Å²) < 4.78 is 6.85. The number of amides is 2. The van der Waals surface area contributed by atoms with Gasteiger partial charge in [-0.1, -0.05) is 54.6 Å². The molecule has 1 aliphatic rings. The Morgan fingerprint density at radius 2 is 1.71 bits per heavy atom. The summed E-state index contributed by atoms with van der Waals surface area (Å²) in [7, 11) is 1.57. The minimum absolute atomic E-state index is 0.0204. The van der Waals surface area contributed by atoms with Crippen LogP contribution in [0.5, 0.6) is 0 Å². The van der Waals surface area contributed by atoms with E-state index in [1.54, 1.807) is 7.05 Å². The summed E-state index contributed by atoms with van der Waals surface area (Å²) in [5.74, 6) is -1.66. The molecule has 174 valence electrons. The van der Waals surface area contributed by atoms with Gasteiger partial charge in [0.05, 0.1) is 11.9 Å². The molecular formula is C25H24N4O5. The molecule has 9 nitrogen and oxygen atoms in total. The molecule has 0 saturated heterocycles. The van der Waals surface area contributed by atoms with Crippen molar-refractivity contribution in [3.63, 3.8) is 0 Å². The molecule has 1 aromatic heterocycles. The van der Waals surface area contributed by atoms with Crippen molar-refractivity contribution in [2.75, 3.05) is 18.5 Å². The number of carboxylic acid groups (broad SMARTS) is 1. The molecule has 1 aliphatic carbocycles. The van der Waals surface area contributed by atoms with Crippen LogP contribution in [0.2, 0.25) is 0 Å². The van der Waals surface area contributed by atoms with Gasteiger partial charge >= 0.3 is 12.1 Å². The topological polar surface area (TPSA) is 123 Å². The summed E-state index contributed by atoms with van der Waals surface area (Å²) in [6.07, 6.45) is 2.04. The Balaban J connectivity index is 1.42. The van der Waals surface area contributed by atoms with Crippen LogP contribution in [0, 0.1) is 0 Å². The predicted molar refractivity (Wildman–Crippen MR) is 126 cm³/mol. The third-order valence-corrected chi connectivity index (χ3v) is 5.74. The Bertz CT molecular complexity index is 1250. The van der Waals surface area contributed by atoms with E-state index in [9.17, 15) is 14.4 Å². The van der Waals surface area contributed by atoms with E-state index in [4.69, 9.17) is 9.84 Å². The molecule has 3 N–H and O–H groups in total. The molecule has 0 saturated carbocycles. The quantitative estimate of drug-likeness (QED) is 0.464. The van der Waals surface area contributed by atoms with E-state index < -0.39 is 18.0 Å². The lowest BCUT2D eigenvalue weighted by Crippen LogP contribution is -2.28. The van der Waals surface area contributed by atoms with E-state index in [1.165, 1.54) is 23.9 Å². The van der Waals surface area contributed by atoms with Crippen LogP contribution in [0.25, 0.3) is 11.1 Å². The largest absolute Gasteiger partial charge is 0.478 e. The fourth-order valence-electron chi connectivity index (χ4n) is 4.01. The number of ether oxygens (including phenoxy) is 1. The number of nitrogens with one attached hydrogen (secondary N) is 2. The molecule has 0 radical (unpaired) electrons. The fourth-order valence-corrected chi connectivity index (χ4v) is 4.01. The highest BCUT2D eigenvalue weighted by Crippen LogP contribution is 2.44. The zero-order chi connectivity index (χ0) is 24.2. The van der Waals surface area contributed by atoms with Crippen molar-refractivity contribution in [1.29, 1.82) is 0 Å². The molecule has 0 atom stereocenters. The predicted octanol–water partition coefficient (Wildman–Crippen LogP) is 3.54. The van der Waals surface area contributed by atoms with Crippen molar-refractivity contribution >= 4 is 23.7 Å². The smallest absolute Gasteiger partial charge is 0.411 e. The molecule has 0 unspecified atom stereocenters. The lowest BCUT2D eigenvalue weighted by Gasteiger charge is -2.14. The SMILES string of the molecule is C/C(=C\CNC(=O)c1c(NC(=O)OCC2c3ccccc3-c3ccccc32)cnn1C)C(=O)O. The van der Waals surface area contributed by atoms with Crippen LogP contribution >= 0.6 is 0 Å². The lowest BCUT2D eigenvalue weighted by atomic mass is 9.98. The van der Waals surface area contributed by atoms with Gasteiger partial charge < -0.3 is 15.2 Å². The maximum absolute atomic E-state index is 12.6. The maximum atomic E-state index is 12.6. The van der Waals surface area contributed by atoms with Gasteiger partial charge in [-0.05, 0) is 29.2 Å². The molecule has 2 amide bonds. The van der Waals surface area contributed by atoms with Crippen molar-refractivity contribution in [3.05, 3.63) is 83.2 Å². The summed E-state index contributed by atoms with van der Waals surface area (Å²) >= 11 is 0. The number of anilines is 1. The van der Waals surface area contributed by atoms with Gasteiger partial charge in [0.25, 0.3) is 5.91 Å². The second-order valence-electron chi connectivity index (χ2n) is 7.88. The average molecular weight is 460 g/mol. The number of fused-ring (bicyclic) bond motifs is 3. The summed E-state index contributed by atoms with van der Waals surface area (Å²) in [4.78, 5) is 36.0. The van der Waals surface area contributed by atoms with E-state index in [0.29, 0.717) is 0 Å². The minimum Gasteiger partial charge on any atom is -0.478 e. The molecule has 34 heavy (non-hydrogen) atoms. The number of benzene rings is 2. The number of hydrogen-bond donors (Lipinski definition) is 3. The summed E-state index contributed by atoms with van der Waals surface area (Å²) in [6, 6.07) is 16.1. The Morgan fingerprint density at radius 3 is 2.32 bits per heavy atom. The first kappa shape index (κ1) is 22.8. The first-order valence-corrected chi connectivity index (χ1v) is 10.7. The highest BCUT2D eigenvalue weighted by molar-refractivity contribution is 6.01. The van der Waals surface area contributed by atoms with E-state index >= 15 is 0 Å². The van der Waals surface area contributed by atoms with Crippen molar-refractivity contribution in [2.45, 2.75) is 12.8 Å². The number of carbonyl (C=O) groups is 3. The Morgan fingerprint density at radius 1 is 1.09 bits per heavy atom. The van der Waals surface area contributed by atoms with Gasteiger partial charge in [0, 0.05) is 25.1 Å². The Hall–Kier alpha value is -4.40. The molecule has 3 aromatic rings. The number of carboxylic acids is 1. The third-order valence-electron chi connectivity index (χ3n) is 5.74. The molecule has 2 aromatic carbocycles. The molecule has 0 fully saturated rings. The van der Waals surface area contributed by atoms with Crippen molar-refractivity contribution in [2.24, 2.45) is 7.05 Å². The van der Waals surface area contributed by atoms with E-state index in [0.717, 1.165) is 22.3 Å². The summed E-state index contributed by atoms with van der Waals surface area (Å²) in [6.45, 7) is 1.59. The minimum atomic E-state index is -1.06. The third kappa shape index (κ3) is 4.54. The van der Waals surface area contributed by atoms with Gasteiger partial charge in [-0.3, -0.25) is 14.8 Å². The van der Waals surface area contributed by atoms with Crippen LogP contribution in [0.3, 0.4) is 0 Å². The van der Waals surface area contributed by atoms with Crippen LogP contribution in [0.15, 0.2) is 66.4 Å². The first-order valence-electron chi connectivity index (χ1n) is 10.7. The normalized spacial score (nSPS) is 12.6. The van der Waals surface area contributed by atoms with Crippen LogP contribution in [-0.4, -0.2) is 46.0 Å². The molecular weight excluding hydrogens is 436 g/mol. The van der Waals surface area contributed by atoms with Gasteiger partial charge in [-0.25, -0.2) is 9.59 Å². The van der Waals surface area contributed by atoms with Gasteiger partial charge in [0.2, 0.25) is 0 Å². The summed E-state index contributed by atoms with van der Waals surface area (Å²) in [5, 5.41) is 18.1. The fraction of sp³-hybridized carbons (Fsp3) is 0.200. The number of aromatic nitrogens is 2. The van der Waals surface area contributed by atoms with Gasteiger partial charge in [0.15, 0.2) is 0 Å². The lowest BCUT2D eigenvalue weighted by molar-refractivity contribution is -0.132. The monoisotopic (exact) mass is 460 g/mol. The van der Waals surface area contributed by atoms with Crippen LogP contribution in [-0.2, 0) is 16.6 Å². The number of rotatable bonds is 7. The second-order valence-corrected chi connectivity index (χ2v) is 7.88. The molecule has 1 heterocycles. The van der Waals surface area contributed by atoms with Crippen LogP contribution in [0.4, 0.5) is 10.5 Å². The number of aliphatic carboxylic acids is 1. The second kappa shape index (κ2) is 9.62. The number of hydrogen-bond acceptors (Lipinski definition) is 5. The van der Waals surface area contributed by atoms with Crippen molar-refractivity contribution in [1.82, 2.24) is 15.1 Å². The van der Waals surface area contributed by atoms with Gasteiger partial charge in [-0.2, -0.15) is 5.10 Å². The van der Waals surface area contributed by atoms with E-state index in [-0.39, 0.29) is 36.0 Å². The first-order chi connectivity index (χ1) is 16.4. The van der Waals surface area contributed by atoms with Gasteiger partial charge in [-0.15, -0.1) is 0 Å². The molecule has 9 heteroatoms. The van der Waals surface area contributed by atoms with E-state index in [2.05, 4.69) is 27.9 Å². The van der Waals surface area contributed by atoms with Gasteiger partial charge in [0.1, 0.15) is 12.3 Å². The number of aryl methyl sites for hydroxylation is 1. The zero-order valence-electron chi connectivity index (χ0n) is 18.7. The molecule has 0 bridgehead atoms. The Kier molecular flexibility index (Phi) is 6.44. The van der Waals surface area contributed by atoms with E-state index in [1.807, 2.05) is 36.4 Å². The van der Waals surface area contributed by atoms with Crippen LogP contribution in [0.1, 0.15) is 34.5 Å². The average Bonchev–Trinajstić information content (AvgIpc) is 3.34. The highest BCUT2D eigenvalue weighted by Gasteiger charge is 2.29. The number of nitrogens with zero attached hydrogens (tertiary/aromatic N) is 2.